The predicted molar refractivity (Wildman–Crippen MR) is 98.8 cm³/mol. The minimum Gasteiger partial charge on any atom is -0.481 e. The number of piperidine rings is 1. The van der Waals surface area contributed by atoms with E-state index in [9.17, 15) is 9.59 Å². The topological polar surface area (TPSA) is 75.4 Å². The number of amides is 1. The Morgan fingerprint density at radius 3 is 2.73 bits per heavy atom. The average Bonchev–Trinajstić information content (AvgIpc) is 3.02. The van der Waals surface area contributed by atoms with Crippen LogP contribution in [0.3, 0.4) is 0 Å². The third-order valence-electron chi connectivity index (χ3n) is 4.79. The van der Waals surface area contributed by atoms with Gasteiger partial charge in [0.05, 0.1) is 16.9 Å². The summed E-state index contributed by atoms with van der Waals surface area (Å²) in [6.07, 6.45) is 4.39. The lowest BCUT2D eigenvalue weighted by atomic mass is 9.93. The standard InChI is InChI=1S/C19H22ClN3O3/c1-13-17(12-23(21-13)16-7-5-15(20)6-8-16)19(26)22-10-2-3-14(11-22)4-9-18(24)25/h5-8,12,14H,2-4,9-11H2,1H3,(H,24,25)/t14-/m1/s1. The van der Waals surface area contributed by atoms with E-state index in [0.717, 1.165) is 18.5 Å². The van der Waals surface area contributed by atoms with Crippen molar-refractivity contribution < 1.29 is 14.7 Å². The Kier molecular flexibility index (Phi) is 5.61. The quantitative estimate of drug-likeness (QED) is 0.867. The third-order valence-corrected chi connectivity index (χ3v) is 5.05. The lowest BCUT2D eigenvalue weighted by Gasteiger charge is -2.32. The molecule has 138 valence electrons. The van der Waals surface area contributed by atoms with Crippen LogP contribution in [0, 0.1) is 12.8 Å². The Balaban J connectivity index is 1.73. The van der Waals surface area contributed by atoms with E-state index < -0.39 is 5.97 Å². The van der Waals surface area contributed by atoms with E-state index in [1.807, 2.05) is 24.0 Å². The second-order valence-electron chi connectivity index (χ2n) is 6.74. The summed E-state index contributed by atoms with van der Waals surface area (Å²) in [6, 6.07) is 7.28. The Bertz CT molecular complexity index is 801. The molecule has 2 aromatic rings. The Morgan fingerprint density at radius 2 is 2.04 bits per heavy atom. The smallest absolute Gasteiger partial charge is 0.303 e. The van der Waals surface area contributed by atoms with E-state index in [2.05, 4.69) is 5.10 Å². The number of benzene rings is 1. The third kappa shape index (κ3) is 4.25. The minimum atomic E-state index is -0.784. The molecule has 0 saturated carbocycles. The van der Waals surface area contributed by atoms with Gasteiger partial charge in [-0.15, -0.1) is 0 Å². The molecular weight excluding hydrogens is 354 g/mol. The van der Waals surface area contributed by atoms with Crippen LogP contribution < -0.4 is 0 Å². The fourth-order valence-corrected chi connectivity index (χ4v) is 3.51. The van der Waals surface area contributed by atoms with E-state index in [0.29, 0.717) is 35.8 Å². The molecule has 1 aliphatic rings. The number of nitrogens with zero attached hydrogens (tertiary/aromatic N) is 3. The predicted octanol–water partition coefficient (Wildman–Crippen LogP) is 3.55. The molecule has 1 amide bonds. The first kappa shape index (κ1) is 18.5. The molecule has 1 aliphatic heterocycles. The minimum absolute atomic E-state index is 0.0391. The summed E-state index contributed by atoms with van der Waals surface area (Å²) < 4.78 is 1.69. The Labute approximate surface area is 157 Å². The van der Waals surface area contributed by atoms with Crippen molar-refractivity contribution in [3.63, 3.8) is 0 Å². The van der Waals surface area contributed by atoms with Crippen LogP contribution in [0.1, 0.15) is 41.7 Å². The van der Waals surface area contributed by atoms with Crippen LogP contribution in [0.15, 0.2) is 30.5 Å². The van der Waals surface area contributed by atoms with Crippen molar-refractivity contribution in [1.29, 1.82) is 0 Å². The number of carboxylic acids is 1. The zero-order valence-electron chi connectivity index (χ0n) is 14.7. The van der Waals surface area contributed by atoms with Gasteiger partial charge in [-0.1, -0.05) is 11.6 Å². The van der Waals surface area contributed by atoms with Gasteiger partial charge in [0.25, 0.3) is 5.91 Å². The van der Waals surface area contributed by atoms with Gasteiger partial charge >= 0.3 is 5.97 Å². The number of carboxylic acid groups (broad SMARTS) is 1. The molecule has 7 heteroatoms. The SMILES string of the molecule is Cc1nn(-c2ccc(Cl)cc2)cc1C(=O)N1CCC[C@H](CCC(=O)O)C1. The number of likely N-dealkylation sites (tertiary alicyclic amines) is 1. The highest BCUT2D eigenvalue weighted by Crippen LogP contribution is 2.24. The summed E-state index contributed by atoms with van der Waals surface area (Å²) in [5, 5.41) is 14.0. The Morgan fingerprint density at radius 1 is 1.31 bits per heavy atom. The van der Waals surface area contributed by atoms with E-state index >= 15 is 0 Å². The number of aryl methyl sites for hydroxylation is 1. The van der Waals surface area contributed by atoms with Crippen molar-refractivity contribution in [2.75, 3.05) is 13.1 Å². The first-order chi connectivity index (χ1) is 12.4. The molecule has 1 N–H and O–H groups in total. The molecule has 6 nitrogen and oxygen atoms in total. The molecule has 0 spiro atoms. The molecule has 1 aromatic heterocycles. The molecule has 1 atom stereocenters. The number of carbonyl (C=O) groups is 2. The molecular formula is C19H22ClN3O3. The van der Waals surface area contributed by atoms with Gasteiger partial charge in [-0.2, -0.15) is 5.10 Å². The van der Waals surface area contributed by atoms with Gasteiger partial charge in [-0.3, -0.25) is 9.59 Å². The highest BCUT2D eigenvalue weighted by atomic mass is 35.5. The van der Waals surface area contributed by atoms with Gasteiger partial charge in [0.2, 0.25) is 0 Å². The summed E-state index contributed by atoms with van der Waals surface area (Å²) >= 11 is 5.92. The van der Waals surface area contributed by atoms with Crippen LogP contribution in [-0.2, 0) is 4.79 Å². The largest absolute Gasteiger partial charge is 0.481 e. The lowest BCUT2D eigenvalue weighted by Crippen LogP contribution is -2.40. The van der Waals surface area contributed by atoms with Gasteiger partial charge in [-0.25, -0.2) is 4.68 Å². The second kappa shape index (κ2) is 7.91. The van der Waals surface area contributed by atoms with Crippen LogP contribution in [-0.4, -0.2) is 44.8 Å². The van der Waals surface area contributed by atoms with Gasteiger partial charge in [0.1, 0.15) is 0 Å². The molecule has 2 heterocycles. The molecule has 0 bridgehead atoms. The van der Waals surface area contributed by atoms with E-state index in [1.165, 1.54) is 0 Å². The van der Waals surface area contributed by atoms with Gasteiger partial charge < -0.3 is 10.0 Å². The number of aromatic nitrogens is 2. The van der Waals surface area contributed by atoms with Gasteiger partial charge in [-0.05, 0) is 56.4 Å². The summed E-state index contributed by atoms with van der Waals surface area (Å²) in [7, 11) is 0. The number of rotatable bonds is 5. The van der Waals surface area contributed by atoms with Gasteiger partial charge in [0.15, 0.2) is 0 Å². The van der Waals surface area contributed by atoms with Crippen molar-refractivity contribution in [2.24, 2.45) is 5.92 Å². The van der Waals surface area contributed by atoms with Crippen LogP contribution in [0.2, 0.25) is 5.02 Å². The van der Waals surface area contributed by atoms with Crippen LogP contribution >= 0.6 is 11.6 Å². The molecule has 1 aromatic carbocycles. The van der Waals surface area contributed by atoms with Crippen molar-refractivity contribution in [2.45, 2.75) is 32.6 Å². The van der Waals surface area contributed by atoms with Crippen LogP contribution in [0.25, 0.3) is 5.69 Å². The molecule has 3 rings (SSSR count). The first-order valence-corrected chi connectivity index (χ1v) is 9.15. The van der Waals surface area contributed by atoms with E-state index in [4.69, 9.17) is 16.7 Å². The fraction of sp³-hybridized carbons (Fsp3) is 0.421. The maximum atomic E-state index is 12.9. The molecule has 0 radical (unpaired) electrons. The number of aliphatic carboxylic acids is 1. The molecule has 1 saturated heterocycles. The monoisotopic (exact) mass is 375 g/mol. The Hall–Kier alpha value is -2.34. The summed E-state index contributed by atoms with van der Waals surface area (Å²) in [4.78, 5) is 25.5. The molecule has 1 fully saturated rings. The number of hydrogen-bond acceptors (Lipinski definition) is 3. The zero-order chi connectivity index (χ0) is 18.7. The molecule has 0 aliphatic carbocycles. The molecule has 0 unspecified atom stereocenters. The number of carbonyl (C=O) groups excluding carboxylic acids is 1. The van der Waals surface area contributed by atoms with Crippen molar-refractivity contribution in [1.82, 2.24) is 14.7 Å². The van der Waals surface area contributed by atoms with Crippen LogP contribution in [0.5, 0.6) is 0 Å². The van der Waals surface area contributed by atoms with Crippen molar-refractivity contribution in [3.05, 3.63) is 46.7 Å². The lowest BCUT2D eigenvalue weighted by molar-refractivity contribution is -0.137. The average molecular weight is 376 g/mol. The van der Waals surface area contributed by atoms with E-state index in [-0.39, 0.29) is 18.2 Å². The number of hydrogen-bond donors (Lipinski definition) is 1. The number of halogens is 1. The normalized spacial score (nSPS) is 17.3. The zero-order valence-corrected chi connectivity index (χ0v) is 15.4. The summed E-state index contributed by atoms with van der Waals surface area (Å²) in [5.74, 6) is -0.577. The highest BCUT2D eigenvalue weighted by Gasteiger charge is 2.27. The summed E-state index contributed by atoms with van der Waals surface area (Å²) in [6.45, 7) is 3.14. The van der Waals surface area contributed by atoms with Crippen molar-refractivity contribution in [3.8, 4) is 5.69 Å². The molecule has 26 heavy (non-hydrogen) atoms. The van der Waals surface area contributed by atoms with Gasteiger partial charge in [0, 0.05) is 30.7 Å². The highest BCUT2D eigenvalue weighted by molar-refractivity contribution is 6.30. The second-order valence-corrected chi connectivity index (χ2v) is 7.18. The van der Waals surface area contributed by atoms with Crippen molar-refractivity contribution >= 4 is 23.5 Å². The fourth-order valence-electron chi connectivity index (χ4n) is 3.38. The maximum Gasteiger partial charge on any atom is 0.303 e. The van der Waals surface area contributed by atoms with E-state index in [1.54, 1.807) is 23.0 Å². The summed E-state index contributed by atoms with van der Waals surface area (Å²) in [5.41, 5.74) is 2.10. The van der Waals surface area contributed by atoms with Crippen LogP contribution in [0.4, 0.5) is 0 Å². The first-order valence-electron chi connectivity index (χ1n) is 8.77. The maximum absolute atomic E-state index is 12.9.